The van der Waals surface area contributed by atoms with Crippen molar-refractivity contribution in [3.63, 3.8) is 0 Å². The Balaban J connectivity index is 2.00. The van der Waals surface area contributed by atoms with Crippen LogP contribution in [-0.2, 0) is 6.54 Å². The molecule has 17 heavy (non-hydrogen) atoms. The van der Waals surface area contributed by atoms with Crippen molar-refractivity contribution < 1.29 is 4.42 Å². The van der Waals surface area contributed by atoms with E-state index in [4.69, 9.17) is 4.42 Å². The van der Waals surface area contributed by atoms with Crippen LogP contribution >= 0.6 is 0 Å². The first-order valence-corrected chi connectivity index (χ1v) is 6.15. The number of aromatic amines is 1. The van der Waals surface area contributed by atoms with Crippen molar-refractivity contribution in [2.24, 2.45) is 0 Å². The first-order chi connectivity index (χ1) is 8.40. The lowest BCUT2D eigenvalue weighted by Crippen LogP contribution is -2.14. The van der Waals surface area contributed by atoms with Gasteiger partial charge < -0.3 is 9.73 Å². The molecule has 2 N–H and O–H groups in total. The lowest BCUT2D eigenvalue weighted by Gasteiger charge is -2.25. The van der Waals surface area contributed by atoms with Crippen LogP contribution in [0, 0.1) is 0 Å². The third kappa shape index (κ3) is 1.78. The molecule has 1 aliphatic carbocycles. The second-order valence-corrected chi connectivity index (χ2v) is 4.60. The SMILES string of the molecule is CNCc1c(-c2ccco2)n[nH]c1C1CCC1. The average molecular weight is 231 g/mol. The molecular weight excluding hydrogens is 214 g/mol. The lowest BCUT2D eigenvalue weighted by atomic mass is 9.81. The fraction of sp³-hybridized carbons (Fsp3) is 0.462. The van der Waals surface area contributed by atoms with E-state index < -0.39 is 0 Å². The van der Waals surface area contributed by atoms with E-state index in [0.29, 0.717) is 5.92 Å². The van der Waals surface area contributed by atoms with Gasteiger partial charge in [0.05, 0.1) is 6.26 Å². The summed E-state index contributed by atoms with van der Waals surface area (Å²) < 4.78 is 5.44. The largest absolute Gasteiger partial charge is 0.463 e. The molecule has 0 amide bonds. The Hall–Kier alpha value is -1.55. The van der Waals surface area contributed by atoms with Gasteiger partial charge in [-0.25, -0.2) is 0 Å². The third-order valence-electron chi connectivity index (χ3n) is 3.52. The highest BCUT2D eigenvalue weighted by Gasteiger charge is 2.26. The van der Waals surface area contributed by atoms with Crippen molar-refractivity contribution in [1.82, 2.24) is 15.5 Å². The van der Waals surface area contributed by atoms with Gasteiger partial charge in [-0.05, 0) is 32.0 Å². The fourth-order valence-electron chi connectivity index (χ4n) is 2.39. The lowest BCUT2D eigenvalue weighted by molar-refractivity contribution is 0.407. The van der Waals surface area contributed by atoms with Crippen LogP contribution in [0.3, 0.4) is 0 Å². The summed E-state index contributed by atoms with van der Waals surface area (Å²) in [7, 11) is 1.96. The molecule has 3 rings (SSSR count). The van der Waals surface area contributed by atoms with Crippen LogP contribution in [0.25, 0.3) is 11.5 Å². The van der Waals surface area contributed by atoms with Gasteiger partial charge in [-0.2, -0.15) is 5.10 Å². The van der Waals surface area contributed by atoms with Crippen molar-refractivity contribution in [1.29, 1.82) is 0 Å². The zero-order valence-electron chi connectivity index (χ0n) is 9.99. The van der Waals surface area contributed by atoms with Crippen molar-refractivity contribution in [3.8, 4) is 11.5 Å². The maximum absolute atomic E-state index is 5.44. The molecule has 2 heterocycles. The van der Waals surface area contributed by atoms with Crippen molar-refractivity contribution in [3.05, 3.63) is 29.7 Å². The summed E-state index contributed by atoms with van der Waals surface area (Å²) in [6.45, 7) is 0.832. The highest BCUT2D eigenvalue weighted by atomic mass is 16.3. The molecule has 1 fully saturated rings. The Morgan fingerprint density at radius 3 is 3.00 bits per heavy atom. The zero-order chi connectivity index (χ0) is 11.7. The first kappa shape index (κ1) is 10.6. The predicted octanol–water partition coefficient (Wildman–Crippen LogP) is 2.66. The fourth-order valence-corrected chi connectivity index (χ4v) is 2.39. The van der Waals surface area contributed by atoms with Crippen LogP contribution in [0.2, 0.25) is 0 Å². The first-order valence-electron chi connectivity index (χ1n) is 6.15. The van der Waals surface area contributed by atoms with Crippen molar-refractivity contribution in [2.75, 3.05) is 7.05 Å². The van der Waals surface area contributed by atoms with Gasteiger partial charge in [-0.15, -0.1) is 0 Å². The average Bonchev–Trinajstić information content (AvgIpc) is 2.86. The Bertz CT molecular complexity index is 483. The molecule has 1 aliphatic rings. The van der Waals surface area contributed by atoms with Crippen LogP contribution in [0.4, 0.5) is 0 Å². The standard InChI is InChI=1S/C13H17N3O/c1-14-8-10-12(9-4-2-5-9)15-16-13(10)11-6-3-7-17-11/h3,6-7,9,14H,2,4-5,8H2,1H3,(H,15,16). The Morgan fingerprint density at radius 1 is 1.53 bits per heavy atom. The second kappa shape index (κ2) is 4.37. The number of H-pyrrole nitrogens is 1. The molecule has 4 heteroatoms. The molecule has 0 atom stereocenters. The van der Waals surface area contributed by atoms with E-state index in [0.717, 1.165) is 18.0 Å². The van der Waals surface area contributed by atoms with E-state index in [1.54, 1.807) is 6.26 Å². The highest BCUT2D eigenvalue weighted by Crippen LogP contribution is 2.39. The number of aromatic nitrogens is 2. The van der Waals surface area contributed by atoms with E-state index in [1.807, 2.05) is 19.2 Å². The van der Waals surface area contributed by atoms with Gasteiger partial charge in [0, 0.05) is 23.7 Å². The van der Waals surface area contributed by atoms with Crippen LogP contribution < -0.4 is 5.32 Å². The number of nitrogens with one attached hydrogen (secondary N) is 2. The van der Waals surface area contributed by atoms with Gasteiger partial charge in [0.2, 0.25) is 0 Å². The minimum Gasteiger partial charge on any atom is -0.463 e. The predicted molar refractivity (Wildman–Crippen MR) is 65.6 cm³/mol. The topological polar surface area (TPSA) is 53.9 Å². The minimum atomic E-state index is 0.662. The molecule has 0 radical (unpaired) electrons. The minimum absolute atomic E-state index is 0.662. The molecule has 0 unspecified atom stereocenters. The summed E-state index contributed by atoms with van der Waals surface area (Å²) in [5.74, 6) is 1.51. The Kier molecular flexibility index (Phi) is 2.73. The van der Waals surface area contributed by atoms with Gasteiger partial charge in [-0.3, -0.25) is 5.10 Å². The smallest absolute Gasteiger partial charge is 0.154 e. The molecule has 0 saturated heterocycles. The summed E-state index contributed by atoms with van der Waals surface area (Å²) in [6.07, 6.45) is 5.57. The second-order valence-electron chi connectivity index (χ2n) is 4.60. The number of nitrogens with zero attached hydrogens (tertiary/aromatic N) is 1. The van der Waals surface area contributed by atoms with Gasteiger partial charge in [0.1, 0.15) is 5.69 Å². The molecule has 0 bridgehead atoms. The summed E-state index contributed by atoms with van der Waals surface area (Å²) in [5.41, 5.74) is 3.50. The van der Waals surface area contributed by atoms with Gasteiger partial charge in [-0.1, -0.05) is 6.42 Å². The maximum Gasteiger partial charge on any atom is 0.154 e. The van der Waals surface area contributed by atoms with Gasteiger partial charge in [0.15, 0.2) is 5.76 Å². The molecule has 2 aromatic heterocycles. The molecule has 0 aliphatic heterocycles. The number of furan rings is 1. The summed E-state index contributed by atoms with van der Waals surface area (Å²) in [5, 5.41) is 10.8. The monoisotopic (exact) mass is 231 g/mol. The van der Waals surface area contributed by atoms with E-state index >= 15 is 0 Å². The molecule has 2 aromatic rings. The van der Waals surface area contributed by atoms with Gasteiger partial charge >= 0.3 is 0 Å². The summed E-state index contributed by atoms with van der Waals surface area (Å²) in [6, 6.07) is 3.86. The molecular formula is C13H17N3O. The number of hydrogen-bond acceptors (Lipinski definition) is 3. The molecule has 4 nitrogen and oxygen atoms in total. The van der Waals surface area contributed by atoms with E-state index in [9.17, 15) is 0 Å². The van der Waals surface area contributed by atoms with E-state index in [-0.39, 0.29) is 0 Å². The van der Waals surface area contributed by atoms with Crippen LogP contribution in [0.5, 0.6) is 0 Å². The van der Waals surface area contributed by atoms with Gasteiger partial charge in [0.25, 0.3) is 0 Å². The summed E-state index contributed by atoms with van der Waals surface area (Å²) in [4.78, 5) is 0. The third-order valence-corrected chi connectivity index (χ3v) is 3.52. The number of rotatable bonds is 4. The molecule has 1 saturated carbocycles. The summed E-state index contributed by atoms with van der Waals surface area (Å²) >= 11 is 0. The van der Waals surface area contributed by atoms with E-state index in [2.05, 4.69) is 15.5 Å². The molecule has 90 valence electrons. The van der Waals surface area contributed by atoms with E-state index in [1.165, 1.54) is 30.5 Å². The Morgan fingerprint density at radius 2 is 2.41 bits per heavy atom. The van der Waals surface area contributed by atoms with Crippen LogP contribution in [0.1, 0.15) is 36.4 Å². The van der Waals surface area contributed by atoms with Crippen molar-refractivity contribution >= 4 is 0 Å². The van der Waals surface area contributed by atoms with Crippen molar-refractivity contribution in [2.45, 2.75) is 31.7 Å². The number of hydrogen-bond donors (Lipinski definition) is 2. The Labute approximate surface area is 100 Å². The maximum atomic E-state index is 5.44. The molecule has 0 aromatic carbocycles. The van der Waals surface area contributed by atoms with Crippen LogP contribution in [0.15, 0.2) is 22.8 Å². The quantitative estimate of drug-likeness (QED) is 0.850. The normalized spacial score (nSPS) is 16.1. The highest BCUT2D eigenvalue weighted by molar-refractivity contribution is 5.58. The molecule has 0 spiro atoms. The van der Waals surface area contributed by atoms with Crippen LogP contribution in [-0.4, -0.2) is 17.2 Å². The zero-order valence-corrected chi connectivity index (χ0v) is 9.99.